The minimum atomic E-state index is -0.270. The Balaban J connectivity index is 1.73. The van der Waals surface area contributed by atoms with Crippen molar-refractivity contribution in [2.24, 2.45) is 0 Å². The third kappa shape index (κ3) is 3.05. The molecule has 0 aromatic heterocycles. The number of carbonyl (C=O) groups excluding carboxylic acids is 1. The van der Waals surface area contributed by atoms with Crippen molar-refractivity contribution < 1.29 is 9.53 Å². The van der Waals surface area contributed by atoms with Crippen LogP contribution in [-0.2, 0) is 11.3 Å². The van der Waals surface area contributed by atoms with Crippen LogP contribution in [0.3, 0.4) is 0 Å². The van der Waals surface area contributed by atoms with Gasteiger partial charge < -0.3 is 9.04 Å². The minimum Gasteiger partial charge on any atom is -0.459 e. The van der Waals surface area contributed by atoms with Gasteiger partial charge in [-0.25, -0.2) is 4.79 Å². The molecule has 0 atom stereocenters. The molecular weight excluding hydrogens is 282 g/mol. The first kappa shape index (κ1) is 14.0. The Morgan fingerprint density at radius 2 is 1.86 bits per heavy atom. The van der Waals surface area contributed by atoms with E-state index in [1.54, 1.807) is 11.9 Å². The molecule has 0 unspecified atom stereocenters. The number of ether oxygens (including phenoxy) is 1. The van der Waals surface area contributed by atoms with Crippen LogP contribution in [0.4, 0.5) is 5.69 Å². The lowest BCUT2D eigenvalue weighted by molar-refractivity contribution is 0.0378. The summed E-state index contributed by atoms with van der Waals surface area (Å²) in [6.07, 6.45) is -0.0965. The fourth-order valence-corrected chi connectivity index (χ4v) is 3.28. The number of benzene rings is 2. The Morgan fingerprint density at radius 1 is 1.14 bits per heavy atom. The number of fused-ring (bicyclic) bond motifs is 1. The van der Waals surface area contributed by atoms with Gasteiger partial charge in [-0.05, 0) is 61.7 Å². The van der Waals surface area contributed by atoms with E-state index in [1.165, 1.54) is 10.5 Å². The molecule has 2 aromatic rings. The molecular formula is C17H17NO2S. The van der Waals surface area contributed by atoms with E-state index in [0.717, 1.165) is 12.2 Å². The monoisotopic (exact) mass is 299 g/mol. The summed E-state index contributed by atoms with van der Waals surface area (Å²) in [6, 6.07) is 16.0. The van der Waals surface area contributed by atoms with E-state index in [0.29, 0.717) is 5.56 Å². The molecule has 0 aliphatic carbocycles. The highest BCUT2D eigenvalue weighted by atomic mass is 32.2. The zero-order chi connectivity index (χ0) is 14.8. The Hall–Kier alpha value is -1.94. The summed E-state index contributed by atoms with van der Waals surface area (Å²) in [5, 5.41) is 0. The third-order valence-electron chi connectivity index (χ3n) is 3.23. The zero-order valence-electron chi connectivity index (χ0n) is 12.1. The van der Waals surface area contributed by atoms with Crippen LogP contribution in [0.25, 0.3) is 0 Å². The van der Waals surface area contributed by atoms with E-state index in [-0.39, 0.29) is 12.1 Å². The molecule has 1 aliphatic rings. The number of nitrogens with zero attached hydrogens (tertiary/aromatic N) is 1. The van der Waals surface area contributed by atoms with Crippen LogP contribution in [0.5, 0.6) is 0 Å². The van der Waals surface area contributed by atoms with Crippen molar-refractivity contribution in [3.05, 3.63) is 59.7 Å². The van der Waals surface area contributed by atoms with E-state index in [4.69, 9.17) is 4.74 Å². The van der Waals surface area contributed by atoms with Gasteiger partial charge in [-0.15, -0.1) is 0 Å². The standard InChI is InChI=1S/C17H17NO2S/c1-12(2)20-17(19)13-7-9-15(10-8-13)18-11-14-5-3-4-6-16(14)21-18/h3-10,12H,11H2,1-2H3. The molecule has 0 bridgehead atoms. The van der Waals surface area contributed by atoms with Crippen LogP contribution >= 0.6 is 11.9 Å². The van der Waals surface area contributed by atoms with Crippen molar-refractivity contribution >= 4 is 23.6 Å². The topological polar surface area (TPSA) is 29.5 Å². The lowest BCUT2D eigenvalue weighted by atomic mass is 10.2. The second-order valence-corrected chi connectivity index (χ2v) is 6.30. The number of hydrogen-bond acceptors (Lipinski definition) is 4. The smallest absolute Gasteiger partial charge is 0.338 e. The first-order valence-electron chi connectivity index (χ1n) is 6.98. The maximum Gasteiger partial charge on any atom is 0.338 e. The van der Waals surface area contributed by atoms with Gasteiger partial charge in [0.1, 0.15) is 0 Å². The first-order chi connectivity index (χ1) is 10.1. The molecule has 108 valence electrons. The van der Waals surface area contributed by atoms with E-state index in [9.17, 15) is 4.79 Å². The molecule has 0 amide bonds. The molecule has 0 spiro atoms. The van der Waals surface area contributed by atoms with Gasteiger partial charge in [0, 0.05) is 10.6 Å². The highest BCUT2D eigenvalue weighted by molar-refractivity contribution is 8.01. The molecule has 0 radical (unpaired) electrons. The van der Waals surface area contributed by atoms with E-state index in [2.05, 4.69) is 28.6 Å². The number of rotatable bonds is 3. The second kappa shape index (κ2) is 5.82. The van der Waals surface area contributed by atoms with Crippen molar-refractivity contribution in [3.63, 3.8) is 0 Å². The van der Waals surface area contributed by atoms with Crippen molar-refractivity contribution in [1.82, 2.24) is 0 Å². The quantitative estimate of drug-likeness (QED) is 0.625. The SMILES string of the molecule is CC(C)OC(=O)c1ccc(N2Cc3ccccc3S2)cc1. The minimum absolute atomic E-state index is 0.0965. The van der Waals surface area contributed by atoms with Gasteiger partial charge >= 0.3 is 5.97 Å². The lowest BCUT2D eigenvalue weighted by Crippen LogP contribution is -2.12. The molecule has 0 saturated carbocycles. The van der Waals surface area contributed by atoms with Crippen LogP contribution in [0, 0.1) is 0 Å². The van der Waals surface area contributed by atoms with Gasteiger partial charge in [0.25, 0.3) is 0 Å². The van der Waals surface area contributed by atoms with Gasteiger partial charge in [-0.3, -0.25) is 0 Å². The number of hydrogen-bond donors (Lipinski definition) is 0. The Bertz CT molecular complexity index is 627. The maximum absolute atomic E-state index is 11.8. The fraction of sp³-hybridized carbons (Fsp3) is 0.235. The first-order valence-corrected chi connectivity index (χ1v) is 7.75. The predicted molar refractivity (Wildman–Crippen MR) is 85.5 cm³/mol. The average molecular weight is 299 g/mol. The van der Waals surface area contributed by atoms with Crippen molar-refractivity contribution in [2.75, 3.05) is 4.31 Å². The van der Waals surface area contributed by atoms with Crippen molar-refractivity contribution in [2.45, 2.75) is 31.4 Å². The summed E-state index contributed by atoms with van der Waals surface area (Å²) in [6.45, 7) is 4.59. The average Bonchev–Trinajstić information content (AvgIpc) is 2.90. The van der Waals surface area contributed by atoms with Crippen LogP contribution in [0.1, 0.15) is 29.8 Å². The normalized spacial score (nSPS) is 13.4. The largest absolute Gasteiger partial charge is 0.459 e. The van der Waals surface area contributed by atoms with E-state index in [1.807, 2.05) is 38.1 Å². The maximum atomic E-state index is 11.8. The van der Waals surface area contributed by atoms with Gasteiger partial charge in [0.2, 0.25) is 0 Å². The summed E-state index contributed by atoms with van der Waals surface area (Å²) >= 11 is 1.73. The number of carbonyl (C=O) groups is 1. The van der Waals surface area contributed by atoms with E-state index < -0.39 is 0 Å². The Kier molecular flexibility index (Phi) is 3.88. The lowest BCUT2D eigenvalue weighted by Gasteiger charge is -2.16. The molecule has 21 heavy (non-hydrogen) atoms. The highest BCUT2D eigenvalue weighted by Crippen LogP contribution is 2.39. The van der Waals surface area contributed by atoms with Gasteiger partial charge in [0.05, 0.1) is 18.2 Å². The number of anilines is 1. The highest BCUT2D eigenvalue weighted by Gasteiger charge is 2.20. The summed E-state index contributed by atoms with van der Waals surface area (Å²) in [5.41, 5.74) is 3.03. The molecule has 1 heterocycles. The molecule has 3 nitrogen and oxygen atoms in total. The Labute approximate surface area is 129 Å². The van der Waals surface area contributed by atoms with Crippen LogP contribution in [-0.4, -0.2) is 12.1 Å². The molecule has 0 N–H and O–H groups in total. The van der Waals surface area contributed by atoms with Crippen molar-refractivity contribution in [3.8, 4) is 0 Å². The van der Waals surface area contributed by atoms with Crippen LogP contribution < -0.4 is 4.31 Å². The van der Waals surface area contributed by atoms with Crippen LogP contribution in [0.2, 0.25) is 0 Å². The summed E-state index contributed by atoms with van der Waals surface area (Å²) in [5.74, 6) is -0.270. The predicted octanol–water partition coefficient (Wildman–Crippen LogP) is 4.28. The van der Waals surface area contributed by atoms with E-state index >= 15 is 0 Å². The zero-order valence-corrected chi connectivity index (χ0v) is 12.9. The third-order valence-corrected chi connectivity index (χ3v) is 4.38. The summed E-state index contributed by atoms with van der Waals surface area (Å²) < 4.78 is 7.42. The summed E-state index contributed by atoms with van der Waals surface area (Å²) in [4.78, 5) is 13.1. The number of esters is 1. The molecule has 0 fully saturated rings. The fourth-order valence-electron chi connectivity index (χ4n) is 2.22. The van der Waals surface area contributed by atoms with Gasteiger partial charge in [-0.1, -0.05) is 18.2 Å². The van der Waals surface area contributed by atoms with Crippen LogP contribution in [0.15, 0.2) is 53.4 Å². The van der Waals surface area contributed by atoms with Crippen molar-refractivity contribution in [1.29, 1.82) is 0 Å². The Morgan fingerprint density at radius 3 is 2.52 bits per heavy atom. The second-order valence-electron chi connectivity index (χ2n) is 5.24. The molecule has 3 rings (SSSR count). The molecule has 4 heteroatoms. The molecule has 0 saturated heterocycles. The summed E-state index contributed by atoms with van der Waals surface area (Å²) in [7, 11) is 0. The molecule has 2 aromatic carbocycles. The van der Waals surface area contributed by atoms with Gasteiger partial charge in [0.15, 0.2) is 0 Å². The molecule has 1 aliphatic heterocycles. The van der Waals surface area contributed by atoms with Gasteiger partial charge in [-0.2, -0.15) is 0 Å².